The van der Waals surface area contributed by atoms with Crippen LogP contribution in [0.15, 0.2) is 53.6 Å². The second-order valence-electron chi connectivity index (χ2n) is 6.40. The number of nitrogens with zero attached hydrogens (tertiary/aromatic N) is 1. The van der Waals surface area contributed by atoms with Crippen molar-refractivity contribution in [2.75, 3.05) is 6.61 Å². The van der Waals surface area contributed by atoms with E-state index in [1.165, 1.54) is 6.21 Å². The first-order chi connectivity index (χ1) is 14.0. The lowest BCUT2D eigenvalue weighted by molar-refractivity contribution is -0.139. The van der Waals surface area contributed by atoms with Crippen molar-refractivity contribution in [1.29, 1.82) is 0 Å². The molecular weight excluding hydrogens is 370 g/mol. The van der Waals surface area contributed by atoms with Gasteiger partial charge in [0, 0.05) is 6.04 Å². The van der Waals surface area contributed by atoms with Gasteiger partial charge in [0.25, 0.3) is 0 Å². The molecule has 154 valence electrons. The molecule has 2 rings (SSSR count). The number of nitrogens with one attached hydrogen (secondary N) is 2. The second kappa shape index (κ2) is 11.5. The normalized spacial score (nSPS) is 11.7. The van der Waals surface area contributed by atoms with Crippen LogP contribution < -0.4 is 20.2 Å². The molecule has 2 aromatic carbocycles. The first-order valence-corrected chi connectivity index (χ1v) is 9.61. The molecule has 0 saturated heterocycles. The zero-order valence-electron chi connectivity index (χ0n) is 17.0. The van der Waals surface area contributed by atoms with E-state index in [4.69, 9.17) is 9.47 Å². The van der Waals surface area contributed by atoms with E-state index in [0.29, 0.717) is 30.3 Å². The highest BCUT2D eigenvalue weighted by Gasteiger charge is 2.14. The molecular formula is C22H27N3O4. The summed E-state index contributed by atoms with van der Waals surface area (Å²) in [7, 11) is 0. The molecule has 0 heterocycles. The van der Waals surface area contributed by atoms with Crippen LogP contribution in [0.5, 0.6) is 11.5 Å². The van der Waals surface area contributed by atoms with Crippen molar-refractivity contribution < 1.29 is 19.1 Å². The number of carbonyl (C=O) groups excluding carboxylic acids is 2. The highest BCUT2D eigenvalue weighted by atomic mass is 16.5. The average molecular weight is 397 g/mol. The van der Waals surface area contributed by atoms with Gasteiger partial charge in [-0.2, -0.15) is 5.10 Å². The van der Waals surface area contributed by atoms with E-state index in [1.807, 2.05) is 51.1 Å². The van der Waals surface area contributed by atoms with Crippen LogP contribution in [0.3, 0.4) is 0 Å². The maximum atomic E-state index is 11.7. The lowest BCUT2D eigenvalue weighted by Gasteiger charge is -2.12. The SMILES string of the molecule is CCOc1cc(/C=N\NC(=O)C(=O)N[C@H](C)CC)ccc1OCc1ccccc1. The molecule has 0 spiro atoms. The fourth-order valence-electron chi connectivity index (χ4n) is 2.34. The number of amides is 2. The first-order valence-electron chi connectivity index (χ1n) is 9.61. The van der Waals surface area contributed by atoms with Crippen molar-refractivity contribution in [3.63, 3.8) is 0 Å². The molecule has 0 aliphatic heterocycles. The minimum atomic E-state index is -0.811. The summed E-state index contributed by atoms with van der Waals surface area (Å²) in [6.07, 6.45) is 2.18. The maximum absolute atomic E-state index is 11.7. The standard InChI is InChI=1S/C22H27N3O4/c1-4-16(3)24-21(26)22(27)25-23-14-18-11-12-19(20(13-18)28-5-2)29-15-17-9-7-6-8-10-17/h6-14,16H,4-5,15H2,1-3H3,(H,24,26)(H,25,27)/b23-14-/t16-/m1/s1. The molecule has 0 aromatic heterocycles. The Hall–Kier alpha value is -3.35. The van der Waals surface area contributed by atoms with Crippen molar-refractivity contribution in [2.45, 2.75) is 39.8 Å². The number of carbonyl (C=O) groups is 2. The number of hydrazone groups is 1. The summed E-state index contributed by atoms with van der Waals surface area (Å²) in [6.45, 7) is 6.54. The van der Waals surface area contributed by atoms with Crippen LogP contribution in [-0.2, 0) is 16.2 Å². The number of ether oxygens (including phenoxy) is 2. The van der Waals surface area contributed by atoms with E-state index in [0.717, 1.165) is 12.0 Å². The molecule has 0 unspecified atom stereocenters. The van der Waals surface area contributed by atoms with Gasteiger partial charge in [-0.1, -0.05) is 37.3 Å². The first kappa shape index (κ1) is 21.9. The van der Waals surface area contributed by atoms with Crippen molar-refractivity contribution in [3.05, 3.63) is 59.7 Å². The molecule has 7 heteroatoms. The highest BCUT2D eigenvalue weighted by molar-refractivity contribution is 6.35. The van der Waals surface area contributed by atoms with Crippen molar-refractivity contribution in [3.8, 4) is 11.5 Å². The largest absolute Gasteiger partial charge is 0.490 e. The quantitative estimate of drug-likeness (QED) is 0.387. The zero-order chi connectivity index (χ0) is 21.1. The van der Waals surface area contributed by atoms with E-state index >= 15 is 0 Å². The van der Waals surface area contributed by atoms with Gasteiger partial charge in [0.1, 0.15) is 6.61 Å². The Labute approximate surface area is 171 Å². The van der Waals surface area contributed by atoms with Gasteiger partial charge in [-0.25, -0.2) is 5.43 Å². The lowest BCUT2D eigenvalue weighted by atomic mass is 10.2. The fourth-order valence-corrected chi connectivity index (χ4v) is 2.34. The van der Waals surface area contributed by atoms with E-state index in [1.54, 1.807) is 18.2 Å². The van der Waals surface area contributed by atoms with E-state index in [2.05, 4.69) is 15.8 Å². The van der Waals surface area contributed by atoms with Gasteiger partial charge >= 0.3 is 11.8 Å². The van der Waals surface area contributed by atoms with Gasteiger partial charge in [-0.05, 0) is 49.6 Å². The number of benzene rings is 2. The summed E-state index contributed by atoms with van der Waals surface area (Å²) in [5.74, 6) is -0.330. The summed E-state index contributed by atoms with van der Waals surface area (Å²) in [6, 6.07) is 15.1. The Morgan fingerprint density at radius 3 is 2.48 bits per heavy atom. The fraction of sp³-hybridized carbons (Fsp3) is 0.318. The number of hydrogen-bond acceptors (Lipinski definition) is 5. The van der Waals surface area contributed by atoms with Gasteiger partial charge in [0.05, 0.1) is 12.8 Å². The third-order valence-corrected chi connectivity index (χ3v) is 4.08. The number of hydrogen-bond donors (Lipinski definition) is 2. The van der Waals surface area contributed by atoms with E-state index in [9.17, 15) is 9.59 Å². The van der Waals surface area contributed by atoms with Crippen molar-refractivity contribution in [2.24, 2.45) is 5.10 Å². The second-order valence-corrected chi connectivity index (χ2v) is 6.40. The summed E-state index contributed by atoms with van der Waals surface area (Å²) in [5, 5.41) is 6.42. The van der Waals surface area contributed by atoms with E-state index in [-0.39, 0.29) is 6.04 Å². The smallest absolute Gasteiger partial charge is 0.329 e. The van der Waals surface area contributed by atoms with Crippen LogP contribution >= 0.6 is 0 Å². The predicted octanol–water partition coefficient (Wildman–Crippen LogP) is 3.03. The van der Waals surface area contributed by atoms with Crippen LogP contribution in [-0.4, -0.2) is 30.7 Å². The van der Waals surface area contributed by atoms with Crippen LogP contribution in [0.2, 0.25) is 0 Å². The Kier molecular flexibility index (Phi) is 8.69. The third-order valence-electron chi connectivity index (χ3n) is 4.08. The molecule has 0 saturated carbocycles. The Morgan fingerprint density at radius 1 is 1.03 bits per heavy atom. The monoisotopic (exact) mass is 397 g/mol. The molecule has 0 radical (unpaired) electrons. The van der Waals surface area contributed by atoms with Crippen molar-refractivity contribution >= 4 is 18.0 Å². The summed E-state index contributed by atoms with van der Waals surface area (Å²) in [5.41, 5.74) is 3.97. The van der Waals surface area contributed by atoms with Gasteiger partial charge in [-0.3, -0.25) is 9.59 Å². The third kappa shape index (κ3) is 7.29. The van der Waals surface area contributed by atoms with Gasteiger partial charge in [0.15, 0.2) is 11.5 Å². The zero-order valence-corrected chi connectivity index (χ0v) is 17.0. The molecule has 2 aromatic rings. The molecule has 0 fully saturated rings. The molecule has 29 heavy (non-hydrogen) atoms. The minimum Gasteiger partial charge on any atom is -0.490 e. The molecule has 2 N–H and O–H groups in total. The average Bonchev–Trinajstić information content (AvgIpc) is 2.73. The Bertz CT molecular complexity index is 837. The van der Waals surface area contributed by atoms with Crippen LogP contribution in [0.4, 0.5) is 0 Å². The molecule has 7 nitrogen and oxygen atoms in total. The summed E-state index contributed by atoms with van der Waals surface area (Å²) in [4.78, 5) is 23.4. The van der Waals surface area contributed by atoms with Gasteiger partial charge in [0.2, 0.25) is 0 Å². The van der Waals surface area contributed by atoms with Crippen LogP contribution in [0, 0.1) is 0 Å². The minimum absolute atomic E-state index is 0.0746. The molecule has 0 aliphatic rings. The molecule has 2 amide bonds. The molecule has 1 atom stereocenters. The highest BCUT2D eigenvalue weighted by Crippen LogP contribution is 2.28. The summed E-state index contributed by atoms with van der Waals surface area (Å²) >= 11 is 0. The van der Waals surface area contributed by atoms with Crippen molar-refractivity contribution in [1.82, 2.24) is 10.7 Å². The predicted molar refractivity (Wildman–Crippen MR) is 112 cm³/mol. The summed E-state index contributed by atoms with van der Waals surface area (Å²) < 4.78 is 11.5. The van der Waals surface area contributed by atoms with Crippen LogP contribution in [0.25, 0.3) is 0 Å². The van der Waals surface area contributed by atoms with E-state index < -0.39 is 11.8 Å². The van der Waals surface area contributed by atoms with Crippen LogP contribution in [0.1, 0.15) is 38.3 Å². The molecule has 0 bridgehead atoms. The van der Waals surface area contributed by atoms with Gasteiger partial charge in [-0.15, -0.1) is 0 Å². The Morgan fingerprint density at radius 2 is 1.79 bits per heavy atom. The number of rotatable bonds is 9. The van der Waals surface area contributed by atoms with Gasteiger partial charge < -0.3 is 14.8 Å². The Balaban J connectivity index is 1.98. The lowest BCUT2D eigenvalue weighted by Crippen LogP contribution is -2.41. The topological polar surface area (TPSA) is 89.0 Å². The molecule has 0 aliphatic carbocycles. The maximum Gasteiger partial charge on any atom is 0.329 e.